The van der Waals surface area contributed by atoms with Crippen molar-refractivity contribution < 1.29 is 22.4 Å². The molecule has 0 unspecified atom stereocenters. The lowest BCUT2D eigenvalue weighted by Crippen LogP contribution is -2.46. The van der Waals surface area contributed by atoms with Crippen molar-refractivity contribution >= 4 is 50.7 Å². The Morgan fingerprint density at radius 1 is 1.15 bits per heavy atom. The number of nitrogens with zero attached hydrogens (tertiary/aromatic N) is 2. The van der Waals surface area contributed by atoms with E-state index in [2.05, 4.69) is 5.32 Å². The largest absolute Gasteiger partial charge is 0.357 e. The maximum absolute atomic E-state index is 14.2. The minimum Gasteiger partial charge on any atom is -0.357 e. The Balaban J connectivity index is 2.19. The molecule has 33 heavy (non-hydrogen) atoms. The van der Waals surface area contributed by atoms with Gasteiger partial charge in [-0.05, 0) is 43.2 Å². The van der Waals surface area contributed by atoms with Gasteiger partial charge in [-0.25, -0.2) is 12.8 Å². The number of nitrogens with one attached hydrogen (secondary N) is 1. The number of hydrogen-bond donors (Lipinski definition) is 1. The molecule has 0 saturated carbocycles. The number of hydrogen-bond acceptors (Lipinski definition) is 4. The van der Waals surface area contributed by atoms with E-state index in [1.54, 1.807) is 25.1 Å². The highest BCUT2D eigenvalue weighted by Gasteiger charge is 2.27. The van der Waals surface area contributed by atoms with Crippen molar-refractivity contribution in [3.63, 3.8) is 0 Å². The SMILES string of the molecule is CNC(=O)[C@H](C)N(Cc1ccc(Cl)cc1Cl)C(=O)CCCN(c1ccccc1F)S(C)(=O)=O. The molecule has 0 heterocycles. The molecule has 0 aliphatic rings. The Kier molecular flexibility index (Phi) is 9.51. The van der Waals surface area contributed by atoms with Gasteiger partial charge in [-0.15, -0.1) is 0 Å². The third-order valence-corrected chi connectivity index (χ3v) is 6.81. The second-order valence-electron chi connectivity index (χ2n) is 7.44. The van der Waals surface area contributed by atoms with Crippen LogP contribution in [0.4, 0.5) is 10.1 Å². The van der Waals surface area contributed by atoms with Crippen LogP contribution < -0.4 is 9.62 Å². The Bertz CT molecular complexity index is 1110. The number of halogens is 3. The van der Waals surface area contributed by atoms with Gasteiger partial charge in [0.2, 0.25) is 21.8 Å². The summed E-state index contributed by atoms with van der Waals surface area (Å²) >= 11 is 12.2. The highest BCUT2D eigenvalue weighted by molar-refractivity contribution is 7.92. The molecule has 0 aliphatic carbocycles. The average Bonchev–Trinajstić information content (AvgIpc) is 2.75. The molecule has 2 aromatic rings. The van der Waals surface area contributed by atoms with Gasteiger partial charge in [-0.1, -0.05) is 41.4 Å². The summed E-state index contributed by atoms with van der Waals surface area (Å²) in [6.45, 7) is 1.55. The first kappa shape index (κ1) is 26.9. The Hall–Kier alpha value is -2.36. The van der Waals surface area contributed by atoms with Gasteiger partial charge in [0.15, 0.2) is 0 Å². The van der Waals surface area contributed by atoms with Crippen molar-refractivity contribution in [2.75, 3.05) is 24.2 Å². The lowest BCUT2D eigenvalue weighted by Gasteiger charge is -2.29. The molecule has 0 fully saturated rings. The summed E-state index contributed by atoms with van der Waals surface area (Å²) < 4.78 is 39.6. The van der Waals surface area contributed by atoms with Crippen LogP contribution in [0.3, 0.4) is 0 Å². The van der Waals surface area contributed by atoms with Crippen molar-refractivity contribution in [3.8, 4) is 0 Å². The Labute approximate surface area is 203 Å². The first-order chi connectivity index (χ1) is 15.5. The number of para-hydroxylation sites is 1. The van der Waals surface area contributed by atoms with Gasteiger partial charge in [0.25, 0.3) is 0 Å². The number of likely N-dealkylation sites (N-methyl/N-ethyl adjacent to an activating group) is 1. The molecule has 1 atom stereocenters. The summed E-state index contributed by atoms with van der Waals surface area (Å²) in [6, 6.07) is 9.57. The monoisotopic (exact) mass is 517 g/mol. The van der Waals surface area contributed by atoms with Crippen LogP contribution in [0, 0.1) is 5.82 Å². The van der Waals surface area contributed by atoms with E-state index in [1.165, 1.54) is 36.2 Å². The molecule has 0 saturated heterocycles. The maximum Gasteiger partial charge on any atom is 0.242 e. The van der Waals surface area contributed by atoms with Crippen molar-refractivity contribution in [1.29, 1.82) is 0 Å². The standard InChI is InChI=1S/C22H26Cl2FN3O4S/c1-15(22(30)26-2)27(14-16-10-11-17(23)13-18(16)24)21(29)9-6-12-28(33(3,31)32)20-8-5-4-7-19(20)25/h4-5,7-8,10-11,13,15H,6,9,12,14H2,1-3H3,(H,26,30)/t15-/m0/s1. The number of carbonyl (C=O) groups excluding carboxylic acids is 2. The van der Waals surface area contributed by atoms with Crippen molar-refractivity contribution in [3.05, 3.63) is 63.9 Å². The third-order valence-electron chi connectivity index (χ3n) is 5.04. The van der Waals surface area contributed by atoms with Crippen LogP contribution in [-0.2, 0) is 26.2 Å². The smallest absolute Gasteiger partial charge is 0.242 e. The van der Waals surface area contributed by atoms with E-state index in [0.29, 0.717) is 15.6 Å². The van der Waals surface area contributed by atoms with E-state index in [-0.39, 0.29) is 43.4 Å². The molecule has 180 valence electrons. The Morgan fingerprint density at radius 3 is 2.39 bits per heavy atom. The van der Waals surface area contributed by atoms with E-state index in [1.807, 2.05) is 0 Å². The molecule has 7 nitrogen and oxygen atoms in total. The topological polar surface area (TPSA) is 86.8 Å². The second kappa shape index (κ2) is 11.7. The first-order valence-electron chi connectivity index (χ1n) is 10.1. The van der Waals surface area contributed by atoms with Gasteiger partial charge in [0.05, 0.1) is 11.9 Å². The molecule has 11 heteroatoms. The number of sulfonamides is 1. The zero-order valence-electron chi connectivity index (χ0n) is 18.5. The molecular formula is C22H26Cl2FN3O4S. The maximum atomic E-state index is 14.2. The average molecular weight is 518 g/mol. The molecule has 2 rings (SSSR count). The van der Waals surface area contributed by atoms with Gasteiger partial charge in [0.1, 0.15) is 11.9 Å². The van der Waals surface area contributed by atoms with E-state index in [0.717, 1.165) is 10.6 Å². The first-order valence-corrected chi connectivity index (χ1v) is 12.7. The summed E-state index contributed by atoms with van der Waals surface area (Å²) in [4.78, 5) is 26.7. The van der Waals surface area contributed by atoms with E-state index in [9.17, 15) is 22.4 Å². The van der Waals surface area contributed by atoms with Crippen LogP contribution in [0.15, 0.2) is 42.5 Å². The minimum absolute atomic E-state index is 0.0620. The molecule has 2 amide bonds. The van der Waals surface area contributed by atoms with Gasteiger partial charge in [0, 0.05) is 36.6 Å². The molecule has 1 N–H and O–H groups in total. The summed E-state index contributed by atoms with van der Waals surface area (Å²) in [5.74, 6) is -1.42. The normalized spacial score (nSPS) is 12.2. The summed E-state index contributed by atoms with van der Waals surface area (Å²) in [7, 11) is -2.31. The van der Waals surface area contributed by atoms with Crippen molar-refractivity contribution in [1.82, 2.24) is 10.2 Å². The van der Waals surface area contributed by atoms with Gasteiger partial charge in [-0.3, -0.25) is 13.9 Å². The van der Waals surface area contributed by atoms with Crippen LogP contribution in [0.5, 0.6) is 0 Å². The molecule has 0 aromatic heterocycles. The van der Waals surface area contributed by atoms with Crippen molar-refractivity contribution in [2.45, 2.75) is 32.4 Å². The van der Waals surface area contributed by atoms with Crippen LogP contribution in [0.25, 0.3) is 0 Å². The van der Waals surface area contributed by atoms with E-state index >= 15 is 0 Å². The summed E-state index contributed by atoms with van der Waals surface area (Å²) in [5.41, 5.74) is 0.519. The highest BCUT2D eigenvalue weighted by atomic mass is 35.5. The van der Waals surface area contributed by atoms with Crippen molar-refractivity contribution in [2.24, 2.45) is 0 Å². The molecule has 0 radical (unpaired) electrons. The quantitative estimate of drug-likeness (QED) is 0.518. The molecule has 0 aliphatic heterocycles. The van der Waals surface area contributed by atoms with Crippen LogP contribution in [0.2, 0.25) is 10.0 Å². The van der Waals surface area contributed by atoms with Gasteiger partial charge in [-0.2, -0.15) is 0 Å². The predicted octanol–water partition coefficient (Wildman–Crippen LogP) is 3.84. The second-order valence-corrected chi connectivity index (χ2v) is 10.2. The molecule has 0 bridgehead atoms. The number of amides is 2. The number of benzene rings is 2. The predicted molar refractivity (Wildman–Crippen MR) is 128 cm³/mol. The van der Waals surface area contributed by atoms with Crippen LogP contribution in [-0.4, -0.2) is 51.0 Å². The van der Waals surface area contributed by atoms with Crippen LogP contribution >= 0.6 is 23.2 Å². The van der Waals surface area contributed by atoms with Gasteiger partial charge >= 0.3 is 0 Å². The fraction of sp³-hybridized carbons (Fsp3) is 0.364. The molecule has 2 aromatic carbocycles. The number of carbonyl (C=O) groups is 2. The van der Waals surface area contributed by atoms with Crippen LogP contribution in [0.1, 0.15) is 25.3 Å². The summed E-state index contributed by atoms with van der Waals surface area (Å²) in [6.07, 6.45) is 1.03. The van der Waals surface area contributed by atoms with E-state index < -0.39 is 21.9 Å². The Morgan fingerprint density at radius 2 is 1.82 bits per heavy atom. The molecule has 0 spiro atoms. The lowest BCUT2D eigenvalue weighted by atomic mass is 10.1. The fourth-order valence-corrected chi connectivity index (χ4v) is 4.70. The van der Waals surface area contributed by atoms with Gasteiger partial charge < -0.3 is 10.2 Å². The van der Waals surface area contributed by atoms with E-state index in [4.69, 9.17) is 23.2 Å². The molecular weight excluding hydrogens is 492 g/mol. The highest BCUT2D eigenvalue weighted by Crippen LogP contribution is 2.25. The third kappa shape index (κ3) is 7.31. The zero-order valence-corrected chi connectivity index (χ0v) is 20.8. The summed E-state index contributed by atoms with van der Waals surface area (Å²) in [5, 5.41) is 3.31. The lowest BCUT2D eigenvalue weighted by molar-refractivity contribution is -0.140. The number of anilines is 1. The number of rotatable bonds is 10. The minimum atomic E-state index is -3.78. The zero-order chi connectivity index (χ0) is 24.8. The fourth-order valence-electron chi connectivity index (χ4n) is 3.26.